The molecule has 0 saturated heterocycles. The minimum Gasteiger partial charge on any atom is -0.504 e. The number of hydrogen-bond acceptors (Lipinski definition) is 5. The molecule has 0 atom stereocenters. The Hall–Kier alpha value is -1.91. The van der Waals surface area contributed by atoms with Crippen molar-refractivity contribution in [3.8, 4) is 5.75 Å². The lowest BCUT2D eigenvalue weighted by atomic mass is 10.1. The molecular weight excluding hydrogens is 208 g/mol. The van der Waals surface area contributed by atoms with Crippen molar-refractivity contribution in [1.82, 2.24) is 0 Å². The Bertz CT molecular complexity index is 368. The standard InChI is InChI=1S/C11H16N2O3/c1-2-3-4-16-11(15)7-5-8(12)10(14)9(13)6-7/h5-6,14H,2-4,12-13H2,1H3. The average Bonchev–Trinajstić information content (AvgIpc) is 2.25. The van der Waals surface area contributed by atoms with Crippen LogP contribution >= 0.6 is 0 Å². The summed E-state index contributed by atoms with van der Waals surface area (Å²) in [5.41, 5.74) is 11.3. The van der Waals surface area contributed by atoms with Gasteiger partial charge >= 0.3 is 5.97 Å². The molecule has 1 aromatic carbocycles. The molecule has 5 nitrogen and oxygen atoms in total. The summed E-state index contributed by atoms with van der Waals surface area (Å²) in [6.45, 7) is 2.38. The van der Waals surface area contributed by atoms with Crippen LogP contribution in [0.15, 0.2) is 12.1 Å². The zero-order valence-electron chi connectivity index (χ0n) is 9.19. The second-order valence-corrected chi connectivity index (χ2v) is 3.49. The Morgan fingerprint density at radius 3 is 2.44 bits per heavy atom. The van der Waals surface area contributed by atoms with Crippen molar-refractivity contribution in [3.05, 3.63) is 17.7 Å². The van der Waals surface area contributed by atoms with Crippen molar-refractivity contribution in [2.75, 3.05) is 18.1 Å². The van der Waals surface area contributed by atoms with Crippen molar-refractivity contribution >= 4 is 17.3 Å². The second-order valence-electron chi connectivity index (χ2n) is 3.49. The topological polar surface area (TPSA) is 98.6 Å². The molecule has 5 heteroatoms. The lowest BCUT2D eigenvalue weighted by molar-refractivity contribution is 0.0500. The van der Waals surface area contributed by atoms with Crippen molar-refractivity contribution < 1.29 is 14.6 Å². The molecule has 0 fully saturated rings. The molecular formula is C11H16N2O3. The van der Waals surface area contributed by atoms with E-state index in [1.165, 1.54) is 12.1 Å². The number of rotatable bonds is 4. The third-order valence-electron chi connectivity index (χ3n) is 2.14. The monoisotopic (exact) mass is 224 g/mol. The third-order valence-corrected chi connectivity index (χ3v) is 2.14. The Morgan fingerprint density at radius 1 is 1.38 bits per heavy atom. The number of phenols is 1. The summed E-state index contributed by atoms with van der Waals surface area (Å²) in [6, 6.07) is 2.69. The van der Waals surface area contributed by atoms with Gasteiger partial charge in [0.25, 0.3) is 0 Å². The molecule has 16 heavy (non-hydrogen) atoms. The molecule has 0 saturated carbocycles. The number of hydrogen-bond donors (Lipinski definition) is 3. The van der Waals surface area contributed by atoms with Gasteiger partial charge in [-0.25, -0.2) is 4.79 Å². The van der Waals surface area contributed by atoms with E-state index in [4.69, 9.17) is 16.2 Å². The molecule has 88 valence electrons. The van der Waals surface area contributed by atoms with E-state index in [0.717, 1.165) is 12.8 Å². The third kappa shape index (κ3) is 2.79. The number of carbonyl (C=O) groups excluding carboxylic acids is 1. The van der Waals surface area contributed by atoms with E-state index in [9.17, 15) is 9.90 Å². The van der Waals surface area contributed by atoms with E-state index in [0.29, 0.717) is 6.61 Å². The van der Waals surface area contributed by atoms with Gasteiger partial charge < -0.3 is 21.3 Å². The highest BCUT2D eigenvalue weighted by Gasteiger charge is 2.11. The smallest absolute Gasteiger partial charge is 0.338 e. The van der Waals surface area contributed by atoms with Gasteiger partial charge in [0, 0.05) is 0 Å². The fourth-order valence-corrected chi connectivity index (χ4v) is 1.19. The van der Waals surface area contributed by atoms with Gasteiger partial charge in [0.1, 0.15) is 0 Å². The molecule has 1 rings (SSSR count). The maximum Gasteiger partial charge on any atom is 0.338 e. The normalized spacial score (nSPS) is 10.1. The number of unbranched alkanes of at least 4 members (excludes halogenated alkanes) is 1. The summed E-state index contributed by atoms with van der Waals surface area (Å²) >= 11 is 0. The van der Waals surface area contributed by atoms with Crippen LogP contribution in [0.4, 0.5) is 11.4 Å². The summed E-state index contributed by atoms with van der Waals surface area (Å²) in [7, 11) is 0. The number of nitrogens with two attached hydrogens (primary N) is 2. The summed E-state index contributed by atoms with van der Waals surface area (Å²) in [4.78, 5) is 11.5. The van der Waals surface area contributed by atoms with E-state index in [-0.39, 0.29) is 22.7 Å². The minimum atomic E-state index is -0.480. The summed E-state index contributed by atoms with van der Waals surface area (Å²) in [5, 5.41) is 9.32. The summed E-state index contributed by atoms with van der Waals surface area (Å²) in [5.74, 6) is -0.683. The fraction of sp³-hybridized carbons (Fsp3) is 0.364. The Balaban J connectivity index is 2.76. The average molecular weight is 224 g/mol. The molecule has 1 aromatic rings. The first-order valence-electron chi connectivity index (χ1n) is 5.11. The van der Waals surface area contributed by atoms with E-state index in [1.54, 1.807) is 0 Å². The van der Waals surface area contributed by atoms with Crippen LogP contribution in [-0.2, 0) is 4.74 Å². The van der Waals surface area contributed by atoms with Crippen LogP contribution < -0.4 is 11.5 Å². The molecule has 0 aliphatic heterocycles. The zero-order valence-corrected chi connectivity index (χ0v) is 9.19. The van der Waals surface area contributed by atoms with E-state index in [2.05, 4.69) is 0 Å². The van der Waals surface area contributed by atoms with Crippen molar-refractivity contribution in [3.63, 3.8) is 0 Å². The van der Waals surface area contributed by atoms with Crippen LogP contribution in [-0.4, -0.2) is 17.7 Å². The number of benzene rings is 1. The van der Waals surface area contributed by atoms with Gasteiger partial charge in [-0.2, -0.15) is 0 Å². The highest BCUT2D eigenvalue weighted by molar-refractivity contribution is 5.93. The van der Waals surface area contributed by atoms with Crippen molar-refractivity contribution in [1.29, 1.82) is 0 Å². The van der Waals surface area contributed by atoms with Crippen LogP contribution in [0.25, 0.3) is 0 Å². The highest BCUT2D eigenvalue weighted by atomic mass is 16.5. The zero-order chi connectivity index (χ0) is 12.1. The maximum absolute atomic E-state index is 11.5. The first kappa shape index (κ1) is 12.2. The van der Waals surface area contributed by atoms with Gasteiger partial charge in [-0.15, -0.1) is 0 Å². The number of aromatic hydroxyl groups is 1. The number of phenolic OH excluding ortho intramolecular Hbond substituents is 1. The van der Waals surface area contributed by atoms with Gasteiger partial charge in [-0.3, -0.25) is 0 Å². The van der Waals surface area contributed by atoms with Gasteiger partial charge in [0.05, 0.1) is 23.5 Å². The lowest BCUT2D eigenvalue weighted by Crippen LogP contribution is -2.07. The Kier molecular flexibility index (Phi) is 3.99. The molecule has 0 aliphatic rings. The minimum absolute atomic E-state index is 0.0717. The number of nitrogen functional groups attached to an aromatic ring is 2. The van der Waals surface area contributed by atoms with Crippen LogP contribution in [0.5, 0.6) is 5.75 Å². The van der Waals surface area contributed by atoms with Gasteiger partial charge in [-0.05, 0) is 18.6 Å². The molecule has 0 amide bonds. The quantitative estimate of drug-likeness (QED) is 0.311. The molecule has 0 bridgehead atoms. The predicted octanol–water partition coefficient (Wildman–Crippen LogP) is 1.51. The largest absolute Gasteiger partial charge is 0.504 e. The Morgan fingerprint density at radius 2 is 1.94 bits per heavy atom. The van der Waals surface area contributed by atoms with Crippen LogP contribution in [0.1, 0.15) is 30.1 Å². The van der Waals surface area contributed by atoms with Gasteiger partial charge in [0.15, 0.2) is 5.75 Å². The number of carbonyl (C=O) groups is 1. The van der Waals surface area contributed by atoms with Crippen molar-refractivity contribution in [2.45, 2.75) is 19.8 Å². The van der Waals surface area contributed by atoms with E-state index in [1.807, 2.05) is 6.92 Å². The fourth-order valence-electron chi connectivity index (χ4n) is 1.19. The lowest BCUT2D eigenvalue weighted by Gasteiger charge is -2.07. The number of ether oxygens (including phenoxy) is 1. The Labute approximate surface area is 94.0 Å². The van der Waals surface area contributed by atoms with E-state index < -0.39 is 5.97 Å². The maximum atomic E-state index is 11.5. The molecule has 0 unspecified atom stereocenters. The van der Waals surface area contributed by atoms with E-state index >= 15 is 0 Å². The van der Waals surface area contributed by atoms with Gasteiger partial charge in [-0.1, -0.05) is 13.3 Å². The molecule has 0 heterocycles. The van der Waals surface area contributed by atoms with Crippen LogP contribution in [0, 0.1) is 0 Å². The first-order chi connectivity index (χ1) is 7.56. The summed E-state index contributed by atoms with van der Waals surface area (Å²) in [6.07, 6.45) is 1.77. The molecule has 0 aliphatic carbocycles. The SMILES string of the molecule is CCCCOC(=O)c1cc(N)c(O)c(N)c1. The molecule has 5 N–H and O–H groups in total. The number of anilines is 2. The predicted molar refractivity (Wildman–Crippen MR) is 62.1 cm³/mol. The number of esters is 1. The second kappa shape index (κ2) is 5.25. The van der Waals surface area contributed by atoms with Crippen LogP contribution in [0.3, 0.4) is 0 Å². The molecule has 0 radical (unpaired) electrons. The molecule has 0 aromatic heterocycles. The van der Waals surface area contributed by atoms with Gasteiger partial charge in [0.2, 0.25) is 0 Å². The molecule has 0 spiro atoms. The highest BCUT2D eigenvalue weighted by Crippen LogP contribution is 2.28. The van der Waals surface area contributed by atoms with Crippen molar-refractivity contribution in [2.24, 2.45) is 0 Å². The first-order valence-corrected chi connectivity index (χ1v) is 5.11. The van der Waals surface area contributed by atoms with Crippen LogP contribution in [0.2, 0.25) is 0 Å². The summed E-state index contributed by atoms with van der Waals surface area (Å²) < 4.78 is 4.99.